The van der Waals surface area contributed by atoms with Crippen LogP contribution in [-0.4, -0.2) is 41.6 Å². The number of fused-ring (bicyclic) bond motifs is 1. The summed E-state index contributed by atoms with van der Waals surface area (Å²) in [6.07, 6.45) is 1.96. The van der Waals surface area contributed by atoms with Gasteiger partial charge in [0, 0.05) is 24.6 Å². The van der Waals surface area contributed by atoms with E-state index < -0.39 is 0 Å². The average molecular weight is 362 g/mol. The number of benzene rings is 1. The Bertz CT molecular complexity index is 840. The molecule has 0 bridgehead atoms. The fourth-order valence-electron chi connectivity index (χ4n) is 2.95. The molecule has 1 aromatic carbocycles. The highest BCUT2D eigenvalue weighted by atomic mass is 16.5. The van der Waals surface area contributed by atoms with Crippen molar-refractivity contribution < 1.29 is 24.5 Å². The Labute approximate surface area is 150 Å². The number of carbonyl (C=O) groups excluding carboxylic acids is 1. The van der Waals surface area contributed by atoms with Crippen LogP contribution in [-0.2, 0) is 6.42 Å². The zero-order valence-electron chi connectivity index (χ0n) is 14.8. The highest BCUT2D eigenvalue weighted by Gasteiger charge is 2.32. The lowest BCUT2D eigenvalue weighted by atomic mass is 9.92. The maximum absolute atomic E-state index is 12.7. The molecular formula is C17H22N4O5. The number of nitrogen functional groups attached to an aromatic ring is 2. The molecule has 1 aliphatic rings. The lowest BCUT2D eigenvalue weighted by Gasteiger charge is -2.27. The smallest absolute Gasteiger partial charge is 0.221 e. The van der Waals surface area contributed by atoms with E-state index in [2.05, 4.69) is 9.97 Å². The highest BCUT2D eigenvalue weighted by Crippen LogP contribution is 2.45. The van der Waals surface area contributed by atoms with Crippen molar-refractivity contribution in [2.75, 3.05) is 25.7 Å². The van der Waals surface area contributed by atoms with Gasteiger partial charge in [-0.3, -0.25) is 4.79 Å². The van der Waals surface area contributed by atoms with Gasteiger partial charge in [-0.15, -0.1) is 0 Å². The molecule has 6 N–H and O–H groups in total. The van der Waals surface area contributed by atoms with Gasteiger partial charge in [-0.25, -0.2) is 4.98 Å². The van der Waals surface area contributed by atoms with Crippen LogP contribution in [0.15, 0.2) is 12.3 Å². The minimum absolute atomic E-state index is 0. The minimum Gasteiger partial charge on any atom is -0.493 e. The number of rotatable bonds is 4. The summed E-state index contributed by atoms with van der Waals surface area (Å²) in [5, 5.41) is 0. The first-order valence-corrected chi connectivity index (χ1v) is 7.79. The van der Waals surface area contributed by atoms with Gasteiger partial charge in [-0.1, -0.05) is 0 Å². The number of nitrogens with zero attached hydrogens (tertiary/aromatic N) is 2. The van der Waals surface area contributed by atoms with E-state index in [1.807, 2.05) is 6.92 Å². The third-order valence-corrected chi connectivity index (χ3v) is 4.08. The third-order valence-electron chi connectivity index (χ3n) is 4.08. The topological polar surface area (TPSA) is 154 Å². The van der Waals surface area contributed by atoms with Gasteiger partial charge in [-0.2, -0.15) is 4.98 Å². The Morgan fingerprint density at radius 3 is 2.62 bits per heavy atom. The van der Waals surface area contributed by atoms with E-state index in [-0.39, 0.29) is 29.1 Å². The second-order valence-corrected chi connectivity index (χ2v) is 5.85. The molecule has 0 radical (unpaired) electrons. The van der Waals surface area contributed by atoms with Crippen LogP contribution in [0.3, 0.4) is 0 Å². The summed E-state index contributed by atoms with van der Waals surface area (Å²) in [4.78, 5) is 20.6. The maximum Gasteiger partial charge on any atom is 0.221 e. The van der Waals surface area contributed by atoms with Crippen molar-refractivity contribution in [2.24, 2.45) is 0 Å². The summed E-state index contributed by atoms with van der Waals surface area (Å²) in [6, 6.07) is 1.75. The van der Waals surface area contributed by atoms with Crippen LogP contribution in [0.25, 0.3) is 0 Å². The summed E-state index contributed by atoms with van der Waals surface area (Å²) in [5.41, 5.74) is 13.3. The molecule has 0 spiro atoms. The molecule has 9 nitrogen and oxygen atoms in total. The van der Waals surface area contributed by atoms with Gasteiger partial charge < -0.3 is 31.2 Å². The third kappa shape index (κ3) is 3.33. The van der Waals surface area contributed by atoms with E-state index in [9.17, 15) is 4.79 Å². The Morgan fingerprint density at radius 2 is 2.00 bits per heavy atom. The first-order chi connectivity index (χ1) is 11.9. The Hall–Kier alpha value is -3.07. The molecule has 9 heteroatoms. The largest absolute Gasteiger partial charge is 0.493 e. The molecule has 26 heavy (non-hydrogen) atoms. The van der Waals surface area contributed by atoms with Crippen molar-refractivity contribution in [1.29, 1.82) is 0 Å². The van der Waals surface area contributed by atoms with Crippen LogP contribution in [0.4, 0.5) is 11.8 Å². The number of methoxy groups -OCH3 is 2. The molecule has 1 aliphatic heterocycles. The first-order valence-electron chi connectivity index (χ1n) is 7.79. The van der Waals surface area contributed by atoms with Crippen LogP contribution in [0.5, 0.6) is 17.2 Å². The molecule has 0 amide bonds. The molecule has 0 aliphatic carbocycles. The van der Waals surface area contributed by atoms with Crippen LogP contribution in [0.1, 0.15) is 34.8 Å². The van der Waals surface area contributed by atoms with Crippen LogP contribution < -0.4 is 25.7 Å². The predicted octanol–water partition coefficient (Wildman–Crippen LogP) is 0.778. The Balaban J connectivity index is 0.00000243. The molecule has 2 heterocycles. The second kappa shape index (κ2) is 7.44. The normalized spacial score (nSPS) is 15.5. The molecular weight excluding hydrogens is 340 g/mol. The molecule has 1 aromatic heterocycles. The lowest BCUT2D eigenvalue weighted by molar-refractivity contribution is 0.0862. The minimum atomic E-state index is -0.237. The summed E-state index contributed by atoms with van der Waals surface area (Å²) >= 11 is 0. The van der Waals surface area contributed by atoms with Gasteiger partial charge in [0.05, 0.1) is 19.8 Å². The van der Waals surface area contributed by atoms with Gasteiger partial charge in [0.1, 0.15) is 11.9 Å². The second-order valence-electron chi connectivity index (χ2n) is 5.85. The Kier molecular flexibility index (Phi) is 5.51. The quantitative estimate of drug-likeness (QED) is 0.808. The van der Waals surface area contributed by atoms with Crippen LogP contribution in [0, 0.1) is 0 Å². The average Bonchev–Trinajstić information content (AvgIpc) is 2.56. The predicted molar refractivity (Wildman–Crippen MR) is 95.9 cm³/mol. The number of ketones is 1. The highest BCUT2D eigenvalue weighted by molar-refractivity contribution is 6.02. The van der Waals surface area contributed by atoms with Crippen molar-refractivity contribution in [3.05, 3.63) is 29.0 Å². The number of anilines is 2. The molecule has 1 unspecified atom stereocenters. The first kappa shape index (κ1) is 19.3. The molecule has 0 saturated carbocycles. The molecule has 140 valence electrons. The summed E-state index contributed by atoms with van der Waals surface area (Å²) in [5.74, 6) is 1.64. The molecule has 3 rings (SSSR count). The SMILES string of the molecule is COc1cc(Cc2cnc(N)nc2N)c2c(c1OC)OC(C)CC2=O.O. The zero-order chi connectivity index (χ0) is 18.1. The van der Waals surface area contributed by atoms with Crippen LogP contribution >= 0.6 is 0 Å². The van der Waals surface area contributed by atoms with Gasteiger partial charge in [0.2, 0.25) is 11.7 Å². The number of hydrogen-bond donors (Lipinski definition) is 2. The Morgan fingerprint density at radius 1 is 1.27 bits per heavy atom. The summed E-state index contributed by atoms with van der Waals surface area (Å²) in [6.45, 7) is 1.84. The molecule has 0 fully saturated rings. The summed E-state index contributed by atoms with van der Waals surface area (Å²) < 4.78 is 16.7. The number of ether oxygens (including phenoxy) is 3. The number of Topliss-reactive ketones (excluding diaryl/α,β-unsaturated/α-hetero) is 1. The van der Waals surface area contributed by atoms with E-state index in [0.29, 0.717) is 46.8 Å². The van der Waals surface area contributed by atoms with E-state index in [1.54, 1.807) is 12.3 Å². The number of carbonyl (C=O) groups is 1. The lowest BCUT2D eigenvalue weighted by Crippen LogP contribution is -2.26. The zero-order valence-corrected chi connectivity index (χ0v) is 14.8. The van der Waals surface area contributed by atoms with E-state index >= 15 is 0 Å². The van der Waals surface area contributed by atoms with Gasteiger partial charge in [0.15, 0.2) is 17.3 Å². The monoisotopic (exact) mass is 362 g/mol. The van der Waals surface area contributed by atoms with E-state index in [4.69, 9.17) is 25.7 Å². The number of aromatic nitrogens is 2. The van der Waals surface area contributed by atoms with Crippen molar-refractivity contribution in [1.82, 2.24) is 9.97 Å². The van der Waals surface area contributed by atoms with E-state index in [1.165, 1.54) is 14.2 Å². The maximum atomic E-state index is 12.7. The van der Waals surface area contributed by atoms with Crippen molar-refractivity contribution >= 4 is 17.5 Å². The molecule has 0 saturated heterocycles. The standard InChI is InChI=1S/C17H20N4O4.H2O/c1-8-4-11(22)13-9(5-10-7-20-17(19)21-16(10)18)6-12(23-2)14(24-3)15(13)25-8;/h6-8H,4-5H2,1-3H3,(H4,18,19,20,21);1H2. The van der Waals surface area contributed by atoms with Crippen LogP contribution in [0.2, 0.25) is 0 Å². The van der Waals surface area contributed by atoms with Crippen molar-refractivity contribution in [2.45, 2.75) is 25.9 Å². The van der Waals surface area contributed by atoms with Crippen molar-refractivity contribution in [3.8, 4) is 17.2 Å². The number of hydrogen-bond acceptors (Lipinski definition) is 8. The summed E-state index contributed by atoms with van der Waals surface area (Å²) in [7, 11) is 3.04. The molecule has 2 aromatic rings. The number of nitrogens with two attached hydrogens (primary N) is 2. The van der Waals surface area contributed by atoms with Gasteiger partial charge in [0.25, 0.3) is 0 Å². The fraction of sp³-hybridized carbons (Fsp3) is 0.353. The van der Waals surface area contributed by atoms with Gasteiger partial charge in [-0.05, 0) is 18.6 Å². The van der Waals surface area contributed by atoms with Gasteiger partial charge >= 0.3 is 0 Å². The molecule has 1 atom stereocenters. The van der Waals surface area contributed by atoms with Crippen molar-refractivity contribution in [3.63, 3.8) is 0 Å². The fourth-order valence-corrected chi connectivity index (χ4v) is 2.95. The van der Waals surface area contributed by atoms with E-state index in [0.717, 1.165) is 0 Å².